The standard InChI is InChI=1S/C10H16O2/c1-2-3-4-6-9-7-5-8-10(11)12-9/h6H,2-5,7-8H2,1H3. The van der Waals surface area contributed by atoms with Gasteiger partial charge in [0.1, 0.15) is 5.76 Å². The van der Waals surface area contributed by atoms with E-state index < -0.39 is 0 Å². The molecule has 1 heterocycles. The zero-order chi connectivity index (χ0) is 8.81. The summed E-state index contributed by atoms with van der Waals surface area (Å²) in [5.41, 5.74) is 0. The molecule has 1 rings (SSSR count). The predicted molar refractivity (Wildman–Crippen MR) is 47.6 cm³/mol. The number of hydrogen-bond donors (Lipinski definition) is 0. The first-order valence-electron chi connectivity index (χ1n) is 4.72. The largest absolute Gasteiger partial charge is 0.431 e. The van der Waals surface area contributed by atoms with E-state index in [0.717, 1.165) is 25.0 Å². The third kappa shape index (κ3) is 3.07. The van der Waals surface area contributed by atoms with Crippen molar-refractivity contribution in [1.29, 1.82) is 0 Å². The lowest BCUT2D eigenvalue weighted by Gasteiger charge is -2.13. The monoisotopic (exact) mass is 168 g/mol. The topological polar surface area (TPSA) is 26.3 Å². The average Bonchev–Trinajstić information content (AvgIpc) is 2.05. The Morgan fingerprint density at radius 3 is 3.00 bits per heavy atom. The highest BCUT2D eigenvalue weighted by Gasteiger charge is 2.13. The van der Waals surface area contributed by atoms with Crippen LogP contribution >= 0.6 is 0 Å². The third-order valence-corrected chi connectivity index (χ3v) is 1.98. The van der Waals surface area contributed by atoms with Crippen molar-refractivity contribution in [2.45, 2.75) is 45.4 Å². The lowest BCUT2D eigenvalue weighted by atomic mass is 10.1. The van der Waals surface area contributed by atoms with Crippen LogP contribution in [0.5, 0.6) is 0 Å². The van der Waals surface area contributed by atoms with Crippen LogP contribution in [0, 0.1) is 0 Å². The van der Waals surface area contributed by atoms with Gasteiger partial charge in [-0.05, 0) is 25.3 Å². The second-order valence-corrected chi connectivity index (χ2v) is 3.14. The zero-order valence-corrected chi connectivity index (χ0v) is 7.64. The molecule has 0 aromatic carbocycles. The summed E-state index contributed by atoms with van der Waals surface area (Å²) in [6, 6.07) is 0. The van der Waals surface area contributed by atoms with E-state index in [0.29, 0.717) is 6.42 Å². The molecule has 0 bridgehead atoms. The minimum atomic E-state index is -0.0657. The quantitative estimate of drug-likeness (QED) is 0.478. The van der Waals surface area contributed by atoms with Crippen molar-refractivity contribution in [2.75, 3.05) is 0 Å². The molecule has 0 radical (unpaired) electrons. The summed E-state index contributed by atoms with van der Waals surface area (Å²) in [6.45, 7) is 2.16. The van der Waals surface area contributed by atoms with Crippen molar-refractivity contribution in [3.8, 4) is 0 Å². The number of hydrogen-bond acceptors (Lipinski definition) is 2. The number of esters is 1. The second-order valence-electron chi connectivity index (χ2n) is 3.14. The molecule has 1 fully saturated rings. The summed E-state index contributed by atoms with van der Waals surface area (Å²) >= 11 is 0. The van der Waals surface area contributed by atoms with Gasteiger partial charge in [0.2, 0.25) is 0 Å². The molecule has 0 amide bonds. The number of carbonyl (C=O) groups excluding carboxylic acids is 1. The highest BCUT2D eigenvalue weighted by molar-refractivity contribution is 5.71. The molecule has 68 valence electrons. The average molecular weight is 168 g/mol. The number of cyclic esters (lactones) is 1. The van der Waals surface area contributed by atoms with Gasteiger partial charge in [0.25, 0.3) is 0 Å². The SMILES string of the molecule is CCCCC=C1CCCC(=O)O1. The minimum Gasteiger partial charge on any atom is -0.431 e. The highest BCUT2D eigenvalue weighted by Crippen LogP contribution is 2.18. The fourth-order valence-electron chi connectivity index (χ4n) is 1.27. The first-order valence-corrected chi connectivity index (χ1v) is 4.72. The summed E-state index contributed by atoms with van der Waals surface area (Å²) in [4.78, 5) is 10.8. The molecule has 0 aromatic rings. The number of rotatable bonds is 3. The maximum Gasteiger partial charge on any atom is 0.310 e. The van der Waals surface area contributed by atoms with Crippen molar-refractivity contribution >= 4 is 5.97 Å². The fraction of sp³-hybridized carbons (Fsp3) is 0.700. The van der Waals surface area contributed by atoms with Gasteiger partial charge in [-0.1, -0.05) is 13.3 Å². The van der Waals surface area contributed by atoms with Gasteiger partial charge in [0, 0.05) is 12.8 Å². The van der Waals surface area contributed by atoms with Crippen molar-refractivity contribution < 1.29 is 9.53 Å². The van der Waals surface area contributed by atoms with Crippen LogP contribution in [0.2, 0.25) is 0 Å². The van der Waals surface area contributed by atoms with E-state index in [1.807, 2.05) is 0 Å². The van der Waals surface area contributed by atoms with Gasteiger partial charge in [-0.3, -0.25) is 4.79 Å². The van der Waals surface area contributed by atoms with E-state index in [9.17, 15) is 4.79 Å². The molecule has 1 aliphatic heterocycles. The van der Waals surface area contributed by atoms with E-state index in [-0.39, 0.29) is 5.97 Å². The Morgan fingerprint density at radius 1 is 1.50 bits per heavy atom. The van der Waals surface area contributed by atoms with Crippen LogP contribution in [0.25, 0.3) is 0 Å². The van der Waals surface area contributed by atoms with Crippen LogP contribution in [0.1, 0.15) is 45.4 Å². The van der Waals surface area contributed by atoms with Crippen LogP contribution in [0.4, 0.5) is 0 Å². The Balaban J connectivity index is 2.29. The van der Waals surface area contributed by atoms with Gasteiger partial charge >= 0.3 is 5.97 Å². The first-order chi connectivity index (χ1) is 5.83. The smallest absolute Gasteiger partial charge is 0.310 e. The van der Waals surface area contributed by atoms with E-state index in [1.54, 1.807) is 0 Å². The number of allylic oxidation sites excluding steroid dienone is 2. The van der Waals surface area contributed by atoms with Crippen molar-refractivity contribution in [2.24, 2.45) is 0 Å². The second kappa shape index (κ2) is 4.96. The summed E-state index contributed by atoms with van der Waals surface area (Å²) in [5.74, 6) is 0.823. The van der Waals surface area contributed by atoms with E-state index in [4.69, 9.17) is 4.74 Å². The predicted octanol–water partition coefficient (Wildman–Crippen LogP) is 2.79. The molecule has 2 heteroatoms. The molecule has 1 saturated heterocycles. The number of ether oxygens (including phenoxy) is 1. The first kappa shape index (κ1) is 9.30. The van der Waals surface area contributed by atoms with Crippen molar-refractivity contribution in [3.05, 3.63) is 11.8 Å². The molecule has 0 spiro atoms. The van der Waals surface area contributed by atoms with Gasteiger partial charge in [-0.25, -0.2) is 0 Å². The normalized spacial score (nSPS) is 21.1. The summed E-state index contributed by atoms with van der Waals surface area (Å²) < 4.78 is 5.06. The molecule has 0 aliphatic carbocycles. The fourth-order valence-corrected chi connectivity index (χ4v) is 1.27. The molecule has 0 N–H and O–H groups in total. The molecule has 2 nitrogen and oxygen atoms in total. The maximum absolute atomic E-state index is 10.8. The Labute approximate surface area is 73.6 Å². The van der Waals surface area contributed by atoms with Gasteiger partial charge < -0.3 is 4.74 Å². The van der Waals surface area contributed by atoms with Crippen molar-refractivity contribution in [1.82, 2.24) is 0 Å². The minimum absolute atomic E-state index is 0.0657. The molecular weight excluding hydrogens is 152 g/mol. The Kier molecular flexibility index (Phi) is 3.85. The molecule has 1 aliphatic rings. The molecule has 0 saturated carbocycles. The summed E-state index contributed by atoms with van der Waals surface area (Å²) in [6.07, 6.45) is 7.95. The third-order valence-electron chi connectivity index (χ3n) is 1.98. The van der Waals surface area contributed by atoms with E-state index in [1.165, 1.54) is 12.8 Å². The highest BCUT2D eigenvalue weighted by atomic mass is 16.5. The van der Waals surface area contributed by atoms with Gasteiger partial charge in [0.05, 0.1) is 0 Å². The van der Waals surface area contributed by atoms with Crippen LogP contribution in [-0.4, -0.2) is 5.97 Å². The Bertz CT molecular complexity index is 182. The Hall–Kier alpha value is -0.790. The van der Waals surface area contributed by atoms with Gasteiger partial charge in [-0.2, -0.15) is 0 Å². The van der Waals surface area contributed by atoms with Crippen LogP contribution in [-0.2, 0) is 9.53 Å². The van der Waals surface area contributed by atoms with Gasteiger partial charge in [0.15, 0.2) is 0 Å². The lowest BCUT2D eigenvalue weighted by molar-refractivity contribution is -0.141. The van der Waals surface area contributed by atoms with E-state index in [2.05, 4.69) is 13.0 Å². The maximum atomic E-state index is 10.8. The zero-order valence-electron chi connectivity index (χ0n) is 7.64. The number of unbranched alkanes of at least 4 members (excludes halogenated alkanes) is 2. The molecule has 12 heavy (non-hydrogen) atoms. The summed E-state index contributed by atoms with van der Waals surface area (Å²) in [7, 11) is 0. The lowest BCUT2D eigenvalue weighted by Crippen LogP contribution is -2.10. The van der Waals surface area contributed by atoms with Crippen molar-refractivity contribution in [3.63, 3.8) is 0 Å². The summed E-state index contributed by atoms with van der Waals surface area (Å²) in [5, 5.41) is 0. The Morgan fingerprint density at radius 2 is 2.33 bits per heavy atom. The molecule has 0 aromatic heterocycles. The molecule has 0 atom stereocenters. The number of carbonyl (C=O) groups is 1. The molecular formula is C10H16O2. The van der Waals surface area contributed by atoms with Gasteiger partial charge in [-0.15, -0.1) is 0 Å². The van der Waals surface area contributed by atoms with Crippen LogP contribution in [0.15, 0.2) is 11.8 Å². The molecule has 0 unspecified atom stereocenters. The van der Waals surface area contributed by atoms with Crippen LogP contribution in [0.3, 0.4) is 0 Å². The van der Waals surface area contributed by atoms with E-state index >= 15 is 0 Å². The van der Waals surface area contributed by atoms with Crippen LogP contribution < -0.4 is 0 Å².